The van der Waals surface area contributed by atoms with Gasteiger partial charge in [0, 0.05) is 24.5 Å². The van der Waals surface area contributed by atoms with E-state index in [0.717, 1.165) is 11.7 Å². The molecule has 0 aliphatic heterocycles. The average Bonchev–Trinajstić information content (AvgIpc) is 2.61. The molecule has 0 N–H and O–H groups in total. The molecule has 13 heavy (non-hydrogen) atoms. The summed E-state index contributed by atoms with van der Waals surface area (Å²) in [7, 11) is 0. The molecule has 3 rings (SSSR count). The molecular formula is C8H2N4S. The van der Waals surface area contributed by atoms with Crippen molar-refractivity contribution in [2.75, 3.05) is 0 Å². The van der Waals surface area contributed by atoms with Gasteiger partial charge in [-0.25, -0.2) is 0 Å². The molecule has 2 heterocycles. The maximum absolute atomic E-state index is 4.10. The first-order valence-electron chi connectivity index (χ1n) is 3.61. The normalized spacial score (nSPS) is 11.1. The van der Waals surface area contributed by atoms with E-state index in [1.165, 1.54) is 0 Å². The SMILES string of the molecule is [c]1c2nccnc2[c]c2nsnc12. The summed E-state index contributed by atoms with van der Waals surface area (Å²) in [5.41, 5.74) is 2.78. The molecule has 2 aromatic heterocycles. The minimum Gasteiger partial charge on any atom is -0.252 e. The van der Waals surface area contributed by atoms with Gasteiger partial charge in [-0.05, 0) is 0 Å². The van der Waals surface area contributed by atoms with Crippen molar-refractivity contribution in [2.45, 2.75) is 0 Å². The number of rotatable bonds is 0. The van der Waals surface area contributed by atoms with Gasteiger partial charge in [0.25, 0.3) is 0 Å². The zero-order chi connectivity index (χ0) is 8.67. The lowest BCUT2D eigenvalue weighted by molar-refractivity contribution is 1.29. The van der Waals surface area contributed by atoms with Crippen LogP contribution in [0.4, 0.5) is 0 Å². The Hall–Kier alpha value is -1.62. The first-order valence-corrected chi connectivity index (χ1v) is 4.34. The monoisotopic (exact) mass is 186 g/mol. The highest BCUT2D eigenvalue weighted by molar-refractivity contribution is 7.00. The highest BCUT2D eigenvalue weighted by Gasteiger charge is 2.03. The lowest BCUT2D eigenvalue weighted by atomic mass is 10.2. The zero-order valence-electron chi connectivity index (χ0n) is 6.35. The van der Waals surface area contributed by atoms with E-state index in [-0.39, 0.29) is 0 Å². The van der Waals surface area contributed by atoms with E-state index in [0.29, 0.717) is 22.1 Å². The van der Waals surface area contributed by atoms with Crippen LogP contribution in [-0.2, 0) is 0 Å². The van der Waals surface area contributed by atoms with Crippen molar-refractivity contribution in [1.29, 1.82) is 0 Å². The molecule has 1 aromatic carbocycles. The van der Waals surface area contributed by atoms with Crippen molar-refractivity contribution in [3.05, 3.63) is 24.5 Å². The molecule has 0 aliphatic carbocycles. The third-order valence-electron chi connectivity index (χ3n) is 1.66. The van der Waals surface area contributed by atoms with Crippen molar-refractivity contribution in [3.63, 3.8) is 0 Å². The molecule has 2 radical (unpaired) electrons. The van der Waals surface area contributed by atoms with Crippen LogP contribution in [0.15, 0.2) is 12.4 Å². The van der Waals surface area contributed by atoms with Crippen molar-refractivity contribution >= 4 is 33.8 Å². The van der Waals surface area contributed by atoms with Crippen LogP contribution >= 0.6 is 11.7 Å². The minimum atomic E-state index is 0.683. The third kappa shape index (κ3) is 0.972. The predicted molar refractivity (Wildman–Crippen MR) is 48.2 cm³/mol. The average molecular weight is 186 g/mol. The number of hydrogen-bond acceptors (Lipinski definition) is 5. The molecule has 4 nitrogen and oxygen atoms in total. The summed E-state index contributed by atoms with van der Waals surface area (Å²) in [6, 6.07) is 6.04. The zero-order valence-corrected chi connectivity index (χ0v) is 7.17. The number of benzene rings is 1. The van der Waals surface area contributed by atoms with Crippen LogP contribution in [0.5, 0.6) is 0 Å². The number of nitrogens with zero attached hydrogens (tertiary/aromatic N) is 4. The maximum atomic E-state index is 4.10. The number of aromatic nitrogens is 4. The number of hydrogen-bond donors (Lipinski definition) is 0. The lowest BCUT2D eigenvalue weighted by Crippen LogP contribution is -1.82. The van der Waals surface area contributed by atoms with E-state index in [9.17, 15) is 0 Å². The second-order valence-electron chi connectivity index (χ2n) is 2.46. The van der Waals surface area contributed by atoms with Crippen LogP contribution in [0, 0.1) is 12.1 Å². The molecule has 0 amide bonds. The summed E-state index contributed by atoms with van der Waals surface area (Å²) >= 11 is 1.15. The van der Waals surface area contributed by atoms with Crippen LogP contribution < -0.4 is 0 Å². The molecule has 0 unspecified atom stereocenters. The van der Waals surface area contributed by atoms with E-state index < -0.39 is 0 Å². The third-order valence-corrected chi connectivity index (χ3v) is 2.19. The Kier molecular flexibility index (Phi) is 1.28. The molecule has 0 spiro atoms. The minimum absolute atomic E-state index is 0.683. The largest absolute Gasteiger partial charge is 0.252 e. The van der Waals surface area contributed by atoms with E-state index >= 15 is 0 Å². The van der Waals surface area contributed by atoms with Gasteiger partial charge in [-0.1, -0.05) is 0 Å². The van der Waals surface area contributed by atoms with Gasteiger partial charge in [0.05, 0.1) is 22.8 Å². The highest BCUT2D eigenvalue weighted by Crippen LogP contribution is 2.15. The van der Waals surface area contributed by atoms with Gasteiger partial charge >= 0.3 is 0 Å². The molecule has 0 aliphatic rings. The standard InChI is InChI=1S/C8H2N4S/c1-2-10-6-4-8-7(11-13-12-8)3-5(6)9-1/h1-2H. The van der Waals surface area contributed by atoms with Gasteiger partial charge in [-0.15, -0.1) is 0 Å². The Morgan fingerprint density at radius 1 is 0.846 bits per heavy atom. The molecule has 0 fully saturated rings. The lowest BCUT2D eigenvalue weighted by Gasteiger charge is -1.91. The summed E-state index contributed by atoms with van der Waals surface area (Å²) in [5, 5.41) is 0. The van der Waals surface area contributed by atoms with Gasteiger partial charge in [0.2, 0.25) is 0 Å². The summed E-state index contributed by atoms with van der Waals surface area (Å²) in [6.07, 6.45) is 3.25. The van der Waals surface area contributed by atoms with Crippen LogP contribution in [0.2, 0.25) is 0 Å². The van der Waals surface area contributed by atoms with Crippen molar-refractivity contribution in [3.8, 4) is 0 Å². The van der Waals surface area contributed by atoms with E-state index in [1.807, 2.05) is 0 Å². The fourth-order valence-electron chi connectivity index (χ4n) is 1.10. The Morgan fingerprint density at radius 2 is 1.38 bits per heavy atom. The Morgan fingerprint density at radius 3 is 1.92 bits per heavy atom. The van der Waals surface area contributed by atoms with Gasteiger partial charge in [0.1, 0.15) is 11.0 Å². The molecule has 0 bridgehead atoms. The fourth-order valence-corrected chi connectivity index (χ4v) is 1.57. The molecule has 0 atom stereocenters. The van der Waals surface area contributed by atoms with Gasteiger partial charge in [-0.3, -0.25) is 9.97 Å². The van der Waals surface area contributed by atoms with E-state index in [1.54, 1.807) is 12.4 Å². The van der Waals surface area contributed by atoms with Crippen LogP contribution in [-0.4, -0.2) is 18.7 Å². The number of fused-ring (bicyclic) bond motifs is 2. The second-order valence-corrected chi connectivity index (χ2v) is 2.99. The fraction of sp³-hybridized carbons (Fsp3) is 0. The van der Waals surface area contributed by atoms with Gasteiger partial charge < -0.3 is 0 Å². The Labute approximate surface area is 77.6 Å². The quantitative estimate of drug-likeness (QED) is 0.530. The molecular weight excluding hydrogens is 184 g/mol. The van der Waals surface area contributed by atoms with E-state index in [2.05, 4.69) is 30.8 Å². The van der Waals surface area contributed by atoms with E-state index in [4.69, 9.17) is 0 Å². The molecule has 0 saturated carbocycles. The van der Waals surface area contributed by atoms with Crippen molar-refractivity contribution < 1.29 is 0 Å². The Balaban J connectivity index is 2.57. The predicted octanol–water partition coefficient (Wildman–Crippen LogP) is 1.23. The maximum Gasteiger partial charge on any atom is 0.115 e. The molecule has 3 aromatic rings. The summed E-state index contributed by atoms with van der Waals surface area (Å²) in [5.74, 6) is 0. The topological polar surface area (TPSA) is 51.6 Å². The van der Waals surface area contributed by atoms with Crippen LogP contribution in [0.1, 0.15) is 0 Å². The van der Waals surface area contributed by atoms with Crippen molar-refractivity contribution in [2.24, 2.45) is 0 Å². The first-order chi connectivity index (χ1) is 6.43. The second kappa shape index (κ2) is 2.43. The Bertz CT molecular complexity index is 525. The van der Waals surface area contributed by atoms with Crippen molar-refractivity contribution in [1.82, 2.24) is 18.7 Å². The smallest absolute Gasteiger partial charge is 0.115 e. The molecule has 5 heteroatoms. The van der Waals surface area contributed by atoms with Gasteiger partial charge in [-0.2, -0.15) is 8.75 Å². The molecule has 0 saturated heterocycles. The summed E-state index contributed by atoms with van der Waals surface area (Å²) in [6.45, 7) is 0. The van der Waals surface area contributed by atoms with Gasteiger partial charge in [0.15, 0.2) is 0 Å². The van der Waals surface area contributed by atoms with Crippen LogP contribution in [0.25, 0.3) is 22.1 Å². The van der Waals surface area contributed by atoms with Crippen LogP contribution in [0.3, 0.4) is 0 Å². The summed E-state index contributed by atoms with van der Waals surface area (Å²) < 4.78 is 8.09. The highest BCUT2D eigenvalue weighted by atomic mass is 32.1. The summed E-state index contributed by atoms with van der Waals surface area (Å²) in [4.78, 5) is 8.20. The first kappa shape index (κ1) is 6.85. The molecule has 60 valence electrons.